The predicted molar refractivity (Wildman–Crippen MR) is 101 cm³/mol. The Hall–Kier alpha value is -3.42. The van der Waals surface area contributed by atoms with Gasteiger partial charge in [0, 0.05) is 44.8 Å². The van der Waals surface area contributed by atoms with Gasteiger partial charge in [0.05, 0.1) is 18.4 Å². The Labute approximate surface area is 156 Å². The van der Waals surface area contributed by atoms with Crippen molar-refractivity contribution in [1.29, 1.82) is 0 Å². The lowest BCUT2D eigenvalue weighted by Crippen LogP contribution is -2.47. The lowest BCUT2D eigenvalue weighted by molar-refractivity contribution is 0.0947. The van der Waals surface area contributed by atoms with Crippen LogP contribution in [0.2, 0.25) is 0 Å². The van der Waals surface area contributed by atoms with Gasteiger partial charge >= 0.3 is 0 Å². The average Bonchev–Trinajstić information content (AvgIpc) is 3.27. The molecule has 0 unspecified atom stereocenters. The summed E-state index contributed by atoms with van der Waals surface area (Å²) in [5.41, 5.74) is 0.428. The number of anilines is 2. The molecule has 27 heavy (non-hydrogen) atoms. The smallest absolute Gasteiger partial charge is 0.254 e. The number of pyridine rings is 1. The maximum Gasteiger partial charge on any atom is 0.254 e. The summed E-state index contributed by atoms with van der Waals surface area (Å²) in [5, 5.41) is 2.78. The van der Waals surface area contributed by atoms with Crippen molar-refractivity contribution in [2.45, 2.75) is 6.54 Å². The van der Waals surface area contributed by atoms with Crippen LogP contribution in [0.4, 0.5) is 11.8 Å². The third-order valence-electron chi connectivity index (χ3n) is 4.44. The Bertz CT molecular complexity index is 859. The second-order valence-electron chi connectivity index (χ2n) is 6.20. The van der Waals surface area contributed by atoms with Crippen LogP contribution in [0.5, 0.6) is 0 Å². The zero-order valence-electron chi connectivity index (χ0n) is 14.8. The van der Waals surface area contributed by atoms with Crippen molar-refractivity contribution in [3.63, 3.8) is 0 Å². The molecule has 0 spiro atoms. The molecule has 0 saturated carbocycles. The van der Waals surface area contributed by atoms with Crippen LogP contribution < -0.4 is 15.1 Å². The molecule has 0 radical (unpaired) electrons. The lowest BCUT2D eigenvalue weighted by atomic mass is 10.3. The van der Waals surface area contributed by atoms with Gasteiger partial charge in [0.2, 0.25) is 5.95 Å². The molecule has 0 bridgehead atoms. The van der Waals surface area contributed by atoms with Crippen LogP contribution in [0.15, 0.2) is 59.6 Å². The Morgan fingerprint density at radius 1 is 1.00 bits per heavy atom. The molecule has 1 saturated heterocycles. The maximum atomic E-state index is 12.2. The fourth-order valence-electron chi connectivity index (χ4n) is 2.96. The Morgan fingerprint density at radius 2 is 1.78 bits per heavy atom. The van der Waals surface area contributed by atoms with Gasteiger partial charge in [0.15, 0.2) is 0 Å². The number of furan rings is 1. The highest BCUT2D eigenvalue weighted by molar-refractivity contribution is 5.93. The van der Waals surface area contributed by atoms with E-state index in [-0.39, 0.29) is 5.91 Å². The van der Waals surface area contributed by atoms with Crippen LogP contribution in [0.25, 0.3) is 0 Å². The molecule has 138 valence electrons. The third-order valence-corrected chi connectivity index (χ3v) is 4.44. The van der Waals surface area contributed by atoms with E-state index in [0.29, 0.717) is 23.8 Å². The van der Waals surface area contributed by atoms with E-state index in [1.165, 1.54) is 0 Å². The quantitative estimate of drug-likeness (QED) is 0.737. The number of aromatic nitrogens is 3. The van der Waals surface area contributed by atoms with Crippen LogP contribution in [0.3, 0.4) is 0 Å². The van der Waals surface area contributed by atoms with Gasteiger partial charge in [-0.25, -0.2) is 15.0 Å². The molecule has 0 aliphatic carbocycles. The molecule has 1 aliphatic rings. The summed E-state index contributed by atoms with van der Waals surface area (Å²) in [4.78, 5) is 29.6. The van der Waals surface area contributed by atoms with Crippen LogP contribution in [-0.2, 0) is 6.54 Å². The van der Waals surface area contributed by atoms with Gasteiger partial charge in [0.1, 0.15) is 11.6 Å². The number of carbonyl (C=O) groups excluding carboxylic acids is 1. The molecule has 8 nitrogen and oxygen atoms in total. The van der Waals surface area contributed by atoms with Crippen molar-refractivity contribution in [1.82, 2.24) is 20.3 Å². The van der Waals surface area contributed by atoms with Crippen molar-refractivity contribution >= 4 is 17.7 Å². The number of nitrogens with one attached hydrogen (secondary N) is 1. The zero-order valence-corrected chi connectivity index (χ0v) is 14.8. The first-order chi connectivity index (χ1) is 13.3. The Kier molecular flexibility index (Phi) is 4.95. The first-order valence-corrected chi connectivity index (χ1v) is 8.83. The third kappa shape index (κ3) is 4.05. The minimum absolute atomic E-state index is 0.224. The number of rotatable bonds is 5. The summed E-state index contributed by atoms with van der Waals surface area (Å²) >= 11 is 0. The standard InChI is InChI=1S/C19H20N6O2/c26-18(21-14-16-4-3-11-27-16)15-12-22-19(23-13-15)25-9-7-24(8-10-25)17-5-1-2-6-20-17/h1-6,11-13H,7-10,14H2,(H,21,26). The molecule has 0 aromatic carbocycles. The van der Waals surface area contributed by atoms with Crippen LogP contribution in [0.1, 0.15) is 16.1 Å². The fraction of sp³-hybridized carbons (Fsp3) is 0.263. The summed E-state index contributed by atoms with van der Waals surface area (Å²) < 4.78 is 5.20. The van der Waals surface area contributed by atoms with Crippen LogP contribution in [0, 0.1) is 0 Å². The molecular formula is C19H20N6O2. The van der Waals surface area contributed by atoms with E-state index in [1.54, 1.807) is 30.9 Å². The second kappa shape index (κ2) is 7.86. The van der Waals surface area contributed by atoms with Gasteiger partial charge in [-0.1, -0.05) is 6.07 Å². The van der Waals surface area contributed by atoms with E-state index < -0.39 is 0 Å². The van der Waals surface area contributed by atoms with Crippen molar-refractivity contribution in [3.8, 4) is 0 Å². The number of piperazine rings is 1. The fourth-order valence-corrected chi connectivity index (χ4v) is 2.96. The van der Waals surface area contributed by atoms with Gasteiger partial charge in [-0.05, 0) is 24.3 Å². The monoisotopic (exact) mass is 364 g/mol. The minimum Gasteiger partial charge on any atom is -0.467 e. The van der Waals surface area contributed by atoms with Crippen molar-refractivity contribution in [2.75, 3.05) is 36.0 Å². The van der Waals surface area contributed by atoms with E-state index >= 15 is 0 Å². The molecule has 4 rings (SSSR count). The highest BCUT2D eigenvalue weighted by Crippen LogP contribution is 2.15. The summed E-state index contributed by atoms with van der Waals surface area (Å²) in [5.74, 6) is 2.10. The highest BCUT2D eigenvalue weighted by atomic mass is 16.3. The van der Waals surface area contributed by atoms with E-state index in [9.17, 15) is 4.79 Å². The molecule has 1 N–H and O–H groups in total. The molecule has 4 heterocycles. The van der Waals surface area contributed by atoms with Crippen LogP contribution in [-0.4, -0.2) is 47.0 Å². The van der Waals surface area contributed by atoms with Crippen molar-refractivity contribution < 1.29 is 9.21 Å². The van der Waals surface area contributed by atoms with Gasteiger partial charge in [-0.15, -0.1) is 0 Å². The summed E-state index contributed by atoms with van der Waals surface area (Å²) in [6.07, 6.45) is 6.50. The van der Waals surface area contributed by atoms with Gasteiger partial charge in [0.25, 0.3) is 5.91 Å². The molecule has 8 heteroatoms. The first-order valence-electron chi connectivity index (χ1n) is 8.83. The predicted octanol–water partition coefficient (Wildman–Crippen LogP) is 1.72. The average molecular weight is 364 g/mol. The van der Waals surface area contributed by atoms with Crippen LogP contribution >= 0.6 is 0 Å². The summed E-state index contributed by atoms with van der Waals surface area (Å²) in [6, 6.07) is 9.52. The number of carbonyl (C=O) groups is 1. The molecular weight excluding hydrogens is 344 g/mol. The van der Waals surface area contributed by atoms with Gasteiger partial charge in [-0.2, -0.15) is 0 Å². The SMILES string of the molecule is O=C(NCc1ccco1)c1cnc(N2CCN(c3ccccn3)CC2)nc1. The van der Waals surface area contributed by atoms with Crippen molar-refractivity contribution in [2.24, 2.45) is 0 Å². The van der Waals surface area contributed by atoms with Gasteiger partial charge < -0.3 is 19.5 Å². The normalized spacial score (nSPS) is 14.2. The minimum atomic E-state index is -0.224. The first kappa shape index (κ1) is 17.0. The topological polar surface area (TPSA) is 87.4 Å². The summed E-state index contributed by atoms with van der Waals surface area (Å²) in [7, 11) is 0. The highest BCUT2D eigenvalue weighted by Gasteiger charge is 2.20. The molecule has 1 amide bonds. The number of hydrogen-bond donors (Lipinski definition) is 1. The molecule has 3 aromatic heterocycles. The second-order valence-corrected chi connectivity index (χ2v) is 6.20. The van der Waals surface area contributed by atoms with Crippen molar-refractivity contribution in [3.05, 3.63) is 66.5 Å². The largest absolute Gasteiger partial charge is 0.467 e. The molecule has 1 fully saturated rings. The molecule has 1 aliphatic heterocycles. The molecule has 0 atom stereocenters. The van der Waals surface area contributed by atoms with E-state index in [2.05, 4.69) is 30.1 Å². The number of nitrogens with zero attached hydrogens (tertiary/aromatic N) is 5. The lowest BCUT2D eigenvalue weighted by Gasteiger charge is -2.35. The maximum absolute atomic E-state index is 12.2. The van der Waals surface area contributed by atoms with Gasteiger partial charge in [-0.3, -0.25) is 4.79 Å². The van der Waals surface area contributed by atoms with E-state index in [1.807, 2.05) is 24.3 Å². The molecule has 3 aromatic rings. The number of amides is 1. The van der Waals surface area contributed by atoms with E-state index in [0.717, 1.165) is 32.0 Å². The Balaban J connectivity index is 1.32. The van der Waals surface area contributed by atoms with E-state index in [4.69, 9.17) is 4.42 Å². The zero-order chi connectivity index (χ0) is 18.5. The summed E-state index contributed by atoms with van der Waals surface area (Å²) in [6.45, 7) is 3.65. The Morgan fingerprint density at radius 3 is 2.44 bits per heavy atom. The number of hydrogen-bond acceptors (Lipinski definition) is 7.